The van der Waals surface area contributed by atoms with E-state index in [4.69, 9.17) is 4.42 Å². The highest BCUT2D eigenvalue weighted by Crippen LogP contribution is 2.47. The first-order valence-corrected chi connectivity index (χ1v) is 9.17. The molecule has 24 heavy (non-hydrogen) atoms. The Morgan fingerprint density at radius 3 is 2.71 bits per heavy atom. The van der Waals surface area contributed by atoms with Crippen LogP contribution in [0.1, 0.15) is 54.0 Å². The second-order valence-electron chi connectivity index (χ2n) is 6.91. The Morgan fingerprint density at radius 1 is 1.33 bits per heavy atom. The molecule has 2 atom stereocenters. The maximum Gasteiger partial charge on any atom is 0.257 e. The molecule has 0 spiro atoms. The average Bonchev–Trinajstić information content (AvgIpc) is 3.45. The van der Waals surface area contributed by atoms with E-state index in [9.17, 15) is 9.18 Å². The van der Waals surface area contributed by atoms with Gasteiger partial charge in [-0.1, -0.05) is 22.9 Å². The van der Waals surface area contributed by atoms with Gasteiger partial charge >= 0.3 is 0 Å². The van der Waals surface area contributed by atoms with Gasteiger partial charge in [-0.3, -0.25) is 4.79 Å². The highest BCUT2D eigenvalue weighted by molar-refractivity contribution is 9.10. The molecule has 2 aliphatic carbocycles. The lowest BCUT2D eigenvalue weighted by atomic mass is 10.1. The first kappa shape index (κ1) is 15.9. The summed E-state index contributed by atoms with van der Waals surface area (Å²) in [6.07, 6.45) is 3.11. The summed E-state index contributed by atoms with van der Waals surface area (Å²) in [7, 11) is 0. The first-order chi connectivity index (χ1) is 11.5. The summed E-state index contributed by atoms with van der Waals surface area (Å²) >= 11 is 3.22. The van der Waals surface area contributed by atoms with E-state index < -0.39 is 5.82 Å². The maximum absolute atomic E-state index is 14.1. The van der Waals surface area contributed by atoms with E-state index in [1.54, 1.807) is 11.0 Å². The van der Waals surface area contributed by atoms with E-state index in [1.165, 1.54) is 18.6 Å². The topological polar surface area (TPSA) is 33.5 Å². The lowest BCUT2D eigenvalue weighted by Crippen LogP contribution is -2.33. The first-order valence-electron chi connectivity index (χ1n) is 8.37. The van der Waals surface area contributed by atoms with Crippen LogP contribution in [-0.4, -0.2) is 16.8 Å². The van der Waals surface area contributed by atoms with Gasteiger partial charge in [-0.25, -0.2) is 4.39 Å². The number of halogens is 2. The van der Waals surface area contributed by atoms with E-state index >= 15 is 0 Å². The van der Waals surface area contributed by atoms with Crippen LogP contribution in [0, 0.1) is 11.7 Å². The molecule has 3 nitrogen and oxygen atoms in total. The van der Waals surface area contributed by atoms with Crippen molar-refractivity contribution >= 4 is 21.8 Å². The minimum absolute atomic E-state index is 0.118. The van der Waals surface area contributed by atoms with Crippen LogP contribution in [-0.2, 0) is 6.54 Å². The summed E-state index contributed by atoms with van der Waals surface area (Å²) in [5, 5.41) is 0. The molecule has 0 aliphatic heterocycles. The Kier molecular flexibility index (Phi) is 3.99. The largest absolute Gasteiger partial charge is 0.464 e. The van der Waals surface area contributed by atoms with Crippen LogP contribution in [0.4, 0.5) is 4.39 Å². The van der Waals surface area contributed by atoms with Crippen LogP contribution in [0.25, 0.3) is 0 Å². The van der Waals surface area contributed by atoms with Crippen LogP contribution < -0.4 is 0 Å². The third-order valence-electron chi connectivity index (χ3n) is 4.89. The van der Waals surface area contributed by atoms with Gasteiger partial charge in [0.25, 0.3) is 5.91 Å². The zero-order valence-electron chi connectivity index (χ0n) is 13.5. The summed E-state index contributed by atoms with van der Waals surface area (Å²) in [6, 6.07) is 8.71. The van der Waals surface area contributed by atoms with Gasteiger partial charge in [-0.05, 0) is 55.5 Å². The fraction of sp³-hybridized carbons (Fsp3) is 0.421. The van der Waals surface area contributed by atoms with Crippen molar-refractivity contribution in [2.24, 2.45) is 5.92 Å². The lowest BCUT2D eigenvalue weighted by molar-refractivity contribution is 0.0712. The Bertz CT molecular complexity index is 783. The zero-order valence-corrected chi connectivity index (χ0v) is 15.1. The Morgan fingerprint density at radius 2 is 2.08 bits per heavy atom. The molecule has 2 aliphatic rings. The van der Waals surface area contributed by atoms with Crippen LogP contribution in [0.3, 0.4) is 0 Å². The number of benzene rings is 1. The van der Waals surface area contributed by atoms with E-state index in [-0.39, 0.29) is 17.5 Å². The highest BCUT2D eigenvalue weighted by Gasteiger charge is 2.38. The molecule has 5 heteroatoms. The van der Waals surface area contributed by atoms with E-state index in [0.717, 1.165) is 24.4 Å². The predicted octanol–water partition coefficient (Wildman–Crippen LogP) is 5.11. The molecule has 1 heterocycles. The van der Waals surface area contributed by atoms with Gasteiger partial charge in [0.05, 0.1) is 12.1 Å². The van der Waals surface area contributed by atoms with Crippen molar-refractivity contribution in [2.75, 3.05) is 0 Å². The normalized spacial score (nSPS) is 22.5. The number of nitrogens with zero attached hydrogens (tertiary/aromatic N) is 1. The molecule has 1 aromatic heterocycles. The zero-order chi connectivity index (χ0) is 16.8. The van der Waals surface area contributed by atoms with Gasteiger partial charge in [-0.2, -0.15) is 0 Å². The minimum Gasteiger partial charge on any atom is -0.464 e. The van der Waals surface area contributed by atoms with Crippen LogP contribution in [0.2, 0.25) is 0 Å². The summed E-state index contributed by atoms with van der Waals surface area (Å²) < 4.78 is 20.7. The number of hydrogen-bond donors (Lipinski definition) is 0. The predicted molar refractivity (Wildman–Crippen MR) is 92.2 cm³/mol. The molecule has 4 rings (SSSR count). The Labute approximate surface area is 149 Å². The monoisotopic (exact) mass is 391 g/mol. The number of amides is 1. The van der Waals surface area contributed by atoms with Crippen molar-refractivity contribution in [3.63, 3.8) is 0 Å². The van der Waals surface area contributed by atoms with Crippen LogP contribution in [0.15, 0.2) is 39.2 Å². The Balaban J connectivity index is 1.54. The second-order valence-corrected chi connectivity index (χ2v) is 7.83. The lowest BCUT2D eigenvalue weighted by Gasteiger charge is -2.21. The average molecular weight is 392 g/mol. The number of furan rings is 1. The standard InChI is InChI=1S/C19H19BrFNO2/c1-11-8-16(11)18-7-5-14(24-18)10-22(13-3-4-13)19(23)15-6-2-12(20)9-17(15)21/h2,5-7,9,11,13,16H,3-4,8,10H2,1H3. The van der Waals surface area contributed by atoms with E-state index in [0.29, 0.717) is 22.9 Å². The van der Waals surface area contributed by atoms with E-state index in [2.05, 4.69) is 22.9 Å². The molecule has 0 radical (unpaired) electrons. The van der Waals surface area contributed by atoms with Crippen molar-refractivity contribution in [2.45, 2.75) is 44.7 Å². The number of carbonyl (C=O) groups is 1. The molecule has 2 fully saturated rings. The Hall–Kier alpha value is -1.62. The van der Waals surface area contributed by atoms with Gasteiger partial charge in [0, 0.05) is 16.4 Å². The molecule has 2 saturated carbocycles. The molecular weight excluding hydrogens is 373 g/mol. The van der Waals surface area contributed by atoms with Gasteiger partial charge < -0.3 is 9.32 Å². The summed E-state index contributed by atoms with van der Waals surface area (Å²) in [5.74, 6) is 2.24. The van der Waals surface area contributed by atoms with Gasteiger partial charge in [-0.15, -0.1) is 0 Å². The molecule has 1 aromatic carbocycles. The molecule has 0 N–H and O–H groups in total. The third-order valence-corrected chi connectivity index (χ3v) is 5.39. The summed E-state index contributed by atoms with van der Waals surface area (Å²) in [5.41, 5.74) is 0.118. The molecule has 1 amide bonds. The second kappa shape index (κ2) is 6.03. The van der Waals surface area contributed by atoms with Gasteiger partial charge in [0.1, 0.15) is 17.3 Å². The minimum atomic E-state index is -0.494. The van der Waals surface area contributed by atoms with Crippen LogP contribution in [0.5, 0.6) is 0 Å². The molecule has 0 saturated heterocycles. The maximum atomic E-state index is 14.1. The van der Waals surface area contributed by atoms with Crippen molar-refractivity contribution in [1.29, 1.82) is 0 Å². The fourth-order valence-corrected chi connectivity index (χ4v) is 3.47. The molecule has 0 bridgehead atoms. The van der Waals surface area contributed by atoms with Gasteiger partial charge in [0.15, 0.2) is 0 Å². The van der Waals surface area contributed by atoms with Crippen molar-refractivity contribution < 1.29 is 13.6 Å². The summed E-state index contributed by atoms with van der Waals surface area (Å²) in [6.45, 7) is 2.61. The SMILES string of the molecule is CC1CC1c1ccc(CN(C(=O)c2ccc(Br)cc2F)C2CC2)o1. The third kappa shape index (κ3) is 3.14. The quantitative estimate of drug-likeness (QED) is 0.709. The van der Waals surface area contributed by atoms with Crippen molar-refractivity contribution in [3.8, 4) is 0 Å². The molecule has 2 aromatic rings. The van der Waals surface area contributed by atoms with Gasteiger partial charge in [0.2, 0.25) is 0 Å². The van der Waals surface area contributed by atoms with Crippen molar-refractivity contribution in [1.82, 2.24) is 4.90 Å². The van der Waals surface area contributed by atoms with Crippen molar-refractivity contribution in [3.05, 3.63) is 57.7 Å². The highest BCUT2D eigenvalue weighted by atomic mass is 79.9. The van der Waals surface area contributed by atoms with Crippen LogP contribution >= 0.6 is 15.9 Å². The molecule has 2 unspecified atom stereocenters. The number of hydrogen-bond acceptors (Lipinski definition) is 2. The molecule has 126 valence electrons. The van der Waals surface area contributed by atoms with E-state index in [1.807, 2.05) is 12.1 Å². The fourth-order valence-electron chi connectivity index (χ4n) is 3.14. The molecular formula is C19H19BrFNO2. The number of carbonyl (C=O) groups excluding carboxylic acids is 1. The summed E-state index contributed by atoms with van der Waals surface area (Å²) in [4.78, 5) is 14.5. The number of rotatable bonds is 5. The smallest absolute Gasteiger partial charge is 0.257 e.